The molecule has 6 nitrogen and oxygen atoms in total. The molecule has 0 aliphatic heterocycles. The molecule has 0 bridgehead atoms. The SMILES string of the molecule is Cc1c2oc(=S)[nH]c(=O)c2cc2c(=O)[nH]c(=S)oc12. The monoisotopic (exact) mass is 294 g/mol. The Kier molecular flexibility index (Phi) is 2.51. The average Bonchev–Trinajstić information content (AvgIpc) is 2.32. The van der Waals surface area contributed by atoms with E-state index in [-0.39, 0.29) is 31.6 Å². The van der Waals surface area contributed by atoms with Crippen molar-refractivity contribution in [2.75, 3.05) is 0 Å². The number of aromatic nitrogens is 2. The molecule has 2 heterocycles. The van der Waals surface area contributed by atoms with Crippen molar-refractivity contribution in [1.29, 1.82) is 0 Å². The molecule has 1 aromatic carbocycles. The lowest BCUT2D eigenvalue weighted by atomic mass is 10.1. The lowest BCUT2D eigenvalue weighted by Crippen LogP contribution is -2.10. The summed E-state index contributed by atoms with van der Waals surface area (Å²) in [6, 6.07) is 1.39. The summed E-state index contributed by atoms with van der Waals surface area (Å²) < 4.78 is 10.6. The minimum absolute atomic E-state index is 0.0385. The molecule has 2 aromatic heterocycles. The van der Waals surface area contributed by atoms with Gasteiger partial charge in [-0.1, -0.05) is 0 Å². The van der Waals surface area contributed by atoms with Gasteiger partial charge in [0.25, 0.3) is 20.8 Å². The van der Waals surface area contributed by atoms with Crippen LogP contribution in [0.25, 0.3) is 21.9 Å². The van der Waals surface area contributed by atoms with Crippen LogP contribution in [0.3, 0.4) is 0 Å². The molecular weight excluding hydrogens is 288 g/mol. The highest BCUT2D eigenvalue weighted by atomic mass is 32.1. The van der Waals surface area contributed by atoms with Crippen molar-refractivity contribution in [3.63, 3.8) is 0 Å². The third-order valence-electron chi connectivity index (χ3n) is 2.77. The molecule has 0 aliphatic carbocycles. The Morgan fingerprint density at radius 1 is 0.947 bits per heavy atom. The molecule has 8 heteroatoms. The Morgan fingerprint density at radius 2 is 1.37 bits per heavy atom. The number of H-pyrrole nitrogens is 2. The first-order valence-corrected chi connectivity index (χ1v) is 6.03. The highest BCUT2D eigenvalue weighted by molar-refractivity contribution is 7.71. The zero-order valence-electron chi connectivity index (χ0n) is 9.53. The van der Waals surface area contributed by atoms with Crippen LogP contribution >= 0.6 is 24.4 Å². The van der Waals surface area contributed by atoms with Crippen molar-refractivity contribution in [3.05, 3.63) is 42.0 Å². The number of hydrogen-bond donors (Lipinski definition) is 2. The molecule has 0 aliphatic rings. The van der Waals surface area contributed by atoms with Crippen LogP contribution in [0.4, 0.5) is 0 Å². The maximum atomic E-state index is 11.8. The van der Waals surface area contributed by atoms with Gasteiger partial charge in [0.1, 0.15) is 11.2 Å². The summed E-state index contributed by atoms with van der Waals surface area (Å²) in [6.45, 7) is 1.67. The summed E-state index contributed by atoms with van der Waals surface area (Å²) in [5, 5.41) is 0.466. The third-order valence-corrected chi connectivity index (χ3v) is 3.14. The second kappa shape index (κ2) is 3.97. The fourth-order valence-corrected chi connectivity index (χ4v) is 2.29. The Morgan fingerprint density at radius 3 is 1.79 bits per heavy atom. The van der Waals surface area contributed by atoms with Gasteiger partial charge in [-0.25, -0.2) is 0 Å². The summed E-state index contributed by atoms with van der Waals surface area (Å²) in [4.78, 5) is 28.3. The van der Waals surface area contributed by atoms with Crippen LogP contribution in [0.1, 0.15) is 5.56 Å². The van der Waals surface area contributed by atoms with Crippen LogP contribution in [-0.4, -0.2) is 9.97 Å². The number of benzene rings is 1. The molecule has 2 N–H and O–H groups in total. The number of hydrogen-bond acceptors (Lipinski definition) is 6. The first kappa shape index (κ1) is 12.0. The fourth-order valence-electron chi connectivity index (χ4n) is 1.94. The summed E-state index contributed by atoms with van der Waals surface area (Å²) in [7, 11) is 0. The predicted octanol–water partition coefficient (Wildman–Crippen LogP) is 2.32. The van der Waals surface area contributed by atoms with Crippen molar-refractivity contribution < 1.29 is 8.83 Å². The topological polar surface area (TPSA) is 92.0 Å². The number of fused-ring (bicyclic) bond motifs is 2. The van der Waals surface area contributed by atoms with Crippen LogP contribution in [0.15, 0.2) is 24.5 Å². The zero-order chi connectivity index (χ0) is 13.7. The molecule has 0 atom stereocenters. The highest BCUT2D eigenvalue weighted by Crippen LogP contribution is 2.23. The number of aromatic amines is 2. The Labute approximate surface area is 114 Å². The van der Waals surface area contributed by atoms with Crippen LogP contribution in [0.2, 0.25) is 0 Å². The molecule has 96 valence electrons. The van der Waals surface area contributed by atoms with E-state index in [1.165, 1.54) is 6.07 Å². The van der Waals surface area contributed by atoms with Gasteiger partial charge in [0.2, 0.25) is 0 Å². The van der Waals surface area contributed by atoms with Gasteiger partial charge in [0, 0.05) is 5.56 Å². The molecule has 0 saturated carbocycles. The third kappa shape index (κ3) is 1.76. The van der Waals surface area contributed by atoms with Crippen LogP contribution in [0, 0.1) is 16.6 Å². The number of rotatable bonds is 0. The van der Waals surface area contributed by atoms with E-state index in [2.05, 4.69) is 9.97 Å². The van der Waals surface area contributed by atoms with Gasteiger partial charge in [-0.2, -0.15) is 0 Å². The molecule has 0 unspecified atom stereocenters. The quantitative estimate of drug-likeness (QED) is 0.488. The van der Waals surface area contributed by atoms with E-state index in [4.69, 9.17) is 33.3 Å². The van der Waals surface area contributed by atoms with E-state index < -0.39 is 11.1 Å². The molecular formula is C11H6N2O4S2. The maximum Gasteiger partial charge on any atom is 0.269 e. The standard InChI is InChI=1S/C11H6N2O4S2/c1-3-6-4(8(14)12-10(18)16-6)2-5-7(3)17-11(19)13-9(5)15/h2H,1H3,(H,12,14,18)(H,13,15,19). The molecule has 0 radical (unpaired) electrons. The first-order chi connectivity index (χ1) is 8.97. The molecule has 0 saturated heterocycles. The van der Waals surface area contributed by atoms with Crippen molar-refractivity contribution >= 4 is 46.4 Å². The van der Waals surface area contributed by atoms with Crippen LogP contribution in [-0.2, 0) is 0 Å². The molecule has 0 spiro atoms. The highest BCUT2D eigenvalue weighted by Gasteiger charge is 2.13. The average molecular weight is 294 g/mol. The van der Waals surface area contributed by atoms with Gasteiger partial charge >= 0.3 is 0 Å². The summed E-state index contributed by atoms with van der Waals surface area (Å²) in [5.74, 6) is 0. The largest absolute Gasteiger partial charge is 0.430 e. The van der Waals surface area contributed by atoms with E-state index in [1.54, 1.807) is 6.92 Å². The molecule has 0 amide bonds. The Hall–Kier alpha value is -2.06. The minimum atomic E-state index is -0.418. The molecule has 3 rings (SSSR count). The molecule has 0 fully saturated rings. The van der Waals surface area contributed by atoms with Gasteiger partial charge in [-0.05, 0) is 37.4 Å². The van der Waals surface area contributed by atoms with Gasteiger partial charge in [-0.3, -0.25) is 19.6 Å². The lowest BCUT2D eigenvalue weighted by Gasteiger charge is -2.03. The van der Waals surface area contributed by atoms with E-state index in [1.807, 2.05) is 0 Å². The van der Waals surface area contributed by atoms with Crippen molar-refractivity contribution in [2.24, 2.45) is 0 Å². The van der Waals surface area contributed by atoms with Crippen molar-refractivity contribution in [3.8, 4) is 0 Å². The minimum Gasteiger partial charge on any atom is -0.430 e. The summed E-state index contributed by atoms with van der Waals surface area (Å²) in [6.07, 6.45) is 0. The summed E-state index contributed by atoms with van der Waals surface area (Å²) in [5.41, 5.74) is 0.230. The van der Waals surface area contributed by atoms with Crippen LogP contribution in [0.5, 0.6) is 0 Å². The lowest BCUT2D eigenvalue weighted by molar-refractivity contribution is 0.541. The van der Waals surface area contributed by atoms with Gasteiger partial charge in [0.05, 0.1) is 10.8 Å². The second-order valence-electron chi connectivity index (χ2n) is 3.94. The zero-order valence-corrected chi connectivity index (χ0v) is 11.2. The molecule has 19 heavy (non-hydrogen) atoms. The van der Waals surface area contributed by atoms with E-state index in [0.717, 1.165) is 0 Å². The normalized spacial score (nSPS) is 11.2. The van der Waals surface area contributed by atoms with Crippen molar-refractivity contribution in [2.45, 2.75) is 6.92 Å². The molecule has 3 aromatic rings. The number of aryl methyl sites for hydroxylation is 1. The van der Waals surface area contributed by atoms with Crippen LogP contribution < -0.4 is 11.1 Å². The van der Waals surface area contributed by atoms with E-state index >= 15 is 0 Å². The second-order valence-corrected chi connectivity index (χ2v) is 4.68. The first-order valence-electron chi connectivity index (χ1n) is 5.21. The Bertz CT molecular complexity index is 973. The fraction of sp³-hybridized carbons (Fsp3) is 0.0909. The van der Waals surface area contributed by atoms with Gasteiger partial charge < -0.3 is 8.83 Å². The predicted molar refractivity (Wildman–Crippen MR) is 73.6 cm³/mol. The van der Waals surface area contributed by atoms with E-state index in [0.29, 0.717) is 5.56 Å². The maximum absolute atomic E-state index is 11.8. The number of nitrogens with one attached hydrogen (secondary N) is 2. The van der Waals surface area contributed by atoms with Gasteiger partial charge in [-0.15, -0.1) is 0 Å². The Balaban J connectivity index is 2.76. The van der Waals surface area contributed by atoms with E-state index in [9.17, 15) is 9.59 Å². The smallest absolute Gasteiger partial charge is 0.269 e. The van der Waals surface area contributed by atoms with Gasteiger partial charge in [0.15, 0.2) is 0 Å². The van der Waals surface area contributed by atoms with Crippen molar-refractivity contribution in [1.82, 2.24) is 9.97 Å². The summed E-state index contributed by atoms with van der Waals surface area (Å²) >= 11 is 9.64.